The molecule has 0 radical (unpaired) electrons. The number of hydrogen-bond acceptors (Lipinski definition) is 0. The third kappa shape index (κ3) is 6.08. The minimum atomic E-state index is -0.226. The third-order valence-electron chi connectivity index (χ3n) is 2.90. The first kappa shape index (κ1) is 16.7. The van der Waals surface area contributed by atoms with Crippen LogP contribution < -0.4 is 0 Å². The molecule has 104 valence electrons. The molecule has 0 heterocycles. The zero-order valence-electron chi connectivity index (χ0n) is 10.6. The van der Waals surface area contributed by atoms with Gasteiger partial charge in [0.1, 0.15) is 0 Å². The van der Waals surface area contributed by atoms with Gasteiger partial charge >= 0.3 is 34.5 Å². The van der Waals surface area contributed by atoms with Crippen molar-refractivity contribution in [3.8, 4) is 0 Å². The Hall–Kier alpha value is -0.357. The van der Waals surface area contributed by atoms with Crippen LogP contribution in [0.3, 0.4) is 0 Å². The van der Waals surface area contributed by atoms with Gasteiger partial charge < -0.3 is 6.92 Å². The monoisotopic (exact) mass is 382 g/mol. The molecule has 0 unspecified atom stereocenters. The van der Waals surface area contributed by atoms with Gasteiger partial charge in [0.05, 0.1) is 0 Å². The zero-order chi connectivity index (χ0) is 13.9. The summed E-state index contributed by atoms with van der Waals surface area (Å²) in [5.41, 5.74) is 2.77. The van der Waals surface area contributed by atoms with Gasteiger partial charge in [-0.05, 0) is 11.1 Å². The van der Waals surface area contributed by atoms with Gasteiger partial charge in [-0.1, -0.05) is 67.1 Å². The van der Waals surface area contributed by atoms with Gasteiger partial charge in [-0.25, -0.2) is 0 Å². The molecule has 0 aliphatic heterocycles. The van der Waals surface area contributed by atoms with E-state index in [1.54, 1.807) is 0 Å². The molecule has 0 fully saturated rings. The Kier molecular flexibility index (Phi) is 9.17. The van der Waals surface area contributed by atoms with E-state index < -0.39 is 0 Å². The summed E-state index contributed by atoms with van der Waals surface area (Å²) < 4.78 is 0. The number of hydrogen-bond donors (Lipinski definition) is 0. The number of benzene rings is 2. The van der Waals surface area contributed by atoms with Crippen LogP contribution in [0.15, 0.2) is 60.7 Å². The normalized spacial score (nSPS) is 10.1. The first-order valence-electron chi connectivity index (χ1n) is 6.06. The standard InChI is InChI=1S/C16H17.2ClH.Rh/c1-2-9-16(14-10-5-3-6-11-14)15-12-7-4-8-13-15;;;/h3-8,10-13,16H,1-2,9H2;2*1H;/q-1;;;+3/p-2. The van der Waals surface area contributed by atoms with E-state index in [0.29, 0.717) is 5.92 Å². The van der Waals surface area contributed by atoms with Crippen molar-refractivity contribution in [2.75, 3.05) is 0 Å². The Morgan fingerprint density at radius 3 is 1.53 bits per heavy atom. The molecule has 0 bridgehead atoms. The van der Waals surface area contributed by atoms with Crippen LogP contribution in [0.4, 0.5) is 0 Å². The van der Waals surface area contributed by atoms with E-state index in [4.69, 9.17) is 19.4 Å². The van der Waals surface area contributed by atoms with Crippen LogP contribution in [0.2, 0.25) is 0 Å². The van der Waals surface area contributed by atoms with Crippen molar-refractivity contribution in [1.29, 1.82) is 0 Å². The molecular weight excluding hydrogens is 366 g/mol. The van der Waals surface area contributed by atoms with E-state index in [9.17, 15) is 0 Å². The van der Waals surface area contributed by atoms with E-state index in [-0.39, 0.29) is 15.1 Å². The van der Waals surface area contributed by atoms with E-state index in [1.807, 2.05) is 0 Å². The Labute approximate surface area is 131 Å². The van der Waals surface area contributed by atoms with Crippen molar-refractivity contribution >= 4 is 19.4 Å². The predicted molar refractivity (Wildman–Crippen MR) is 81.0 cm³/mol. The van der Waals surface area contributed by atoms with Crippen molar-refractivity contribution in [3.05, 3.63) is 78.7 Å². The van der Waals surface area contributed by atoms with Crippen molar-refractivity contribution in [2.24, 2.45) is 0 Å². The Morgan fingerprint density at radius 1 is 0.842 bits per heavy atom. The quantitative estimate of drug-likeness (QED) is 0.462. The van der Waals surface area contributed by atoms with Gasteiger partial charge in [0, 0.05) is 5.92 Å². The van der Waals surface area contributed by atoms with E-state index in [0.717, 1.165) is 12.8 Å². The molecule has 2 rings (SSSR count). The van der Waals surface area contributed by atoms with Crippen LogP contribution in [-0.2, 0) is 15.1 Å². The summed E-state index contributed by atoms with van der Waals surface area (Å²) in [6.07, 6.45) is 2.07. The summed E-state index contributed by atoms with van der Waals surface area (Å²) in [7, 11) is 9.67. The van der Waals surface area contributed by atoms with Crippen molar-refractivity contribution in [3.63, 3.8) is 0 Å². The molecule has 0 N–H and O–H groups in total. The summed E-state index contributed by atoms with van der Waals surface area (Å²) in [5, 5.41) is 0. The molecule has 0 aromatic heterocycles. The van der Waals surface area contributed by atoms with Gasteiger partial charge in [-0.3, -0.25) is 0 Å². The maximum atomic E-state index is 4.83. The summed E-state index contributed by atoms with van der Waals surface area (Å²) in [6.45, 7) is 3.98. The average molecular weight is 383 g/mol. The molecular formula is C16H17Cl2Rh. The van der Waals surface area contributed by atoms with Crippen LogP contribution in [0.5, 0.6) is 0 Å². The molecule has 0 saturated heterocycles. The maximum absolute atomic E-state index is 4.83. The van der Waals surface area contributed by atoms with Gasteiger partial charge in [-0.2, -0.15) is 6.42 Å². The molecule has 3 heteroatoms. The third-order valence-corrected chi connectivity index (χ3v) is 2.90. The number of halogens is 2. The van der Waals surface area contributed by atoms with Crippen molar-refractivity contribution in [2.45, 2.75) is 18.8 Å². The van der Waals surface area contributed by atoms with E-state index in [1.165, 1.54) is 11.1 Å². The summed E-state index contributed by atoms with van der Waals surface area (Å²) >= 11 is -0.226. The van der Waals surface area contributed by atoms with Gasteiger partial charge in [0.15, 0.2) is 0 Å². The molecule has 2 aromatic rings. The molecule has 0 amide bonds. The van der Waals surface area contributed by atoms with Gasteiger partial charge in [0.2, 0.25) is 0 Å². The first-order valence-corrected chi connectivity index (χ1v) is 10.3. The second kappa shape index (κ2) is 10.4. The minimum absolute atomic E-state index is 0.226. The van der Waals surface area contributed by atoms with E-state index >= 15 is 0 Å². The van der Waals surface area contributed by atoms with Crippen LogP contribution in [0.1, 0.15) is 29.9 Å². The SMILES string of the molecule is [CH2-]CCC(c1ccccc1)c1ccccc1.[Cl][Rh+][Cl]. The second-order valence-corrected chi connectivity index (χ2v) is 6.55. The average Bonchev–Trinajstić information content (AvgIpc) is 2.47. The Morgan fingerprint density at radius 2 is 1.21 bits per heavy atom. The molecule has 0 saturated carbocycles. The molecule has 0 aliphatic carbocycles. The number of rotatable bonds is 4. The Balaban J connectivity index is 0.000000550. The summed E-state index contributed by atoms with van der Waals surface area (Å²) in [5.74, 6) is 0.486. The summed E-state index contributed by atoms with van der Waals surface area (Å²) in [6, 6.07) is 21.4. The predicted octanol–water partition coefficient (Wildman–Crippen LogP) is 5.81. The molecule has 19 heavy (non-hydrogen) atoms. The molecule has 0 atom stereocenters. The van der Waals surface area contributed by atoms with Crippen LogP contribution >= 0.6 is 19.4 Å². The van der Waals surface area contributed by atoms with E-state index in [2.05, 4.69) is 67.6 Å². The van der Waals surface area contributed by atoms with Crippen LogP contribution in [0.25, 0.3) is 0 Å². The van der Waals surface area contributed by atoms with Crippen LogP contribution in [-0.4, -0.2) is 0 Å². The molecule has 0 aliphatic rings. The van der Waals surface area contributed by atoms with Gasteiger partial charge in [-0.15, -0.1) is 0 Å². The molecule has 0 nitrogen and oxygen atoms in total. The van der Waals surface area contributed by atoms with Gasteiger partial charge in [0.25, 0.3) is 0 Å². The topological polar surface area (TPSA) is 0 Å². The Bertz CT molecular complexity index is 392. The van der Waals surface area contributed by atoms with Crippen molar-refractivity contribution in [1.82, 2.24) is 0 Å². The second-order valence-electron chi connectivity index (χ2n) is 4.06. The van der Waals surface area contributed by atoms with Crippen LogP contribution in [0, 0.1) is 6.92 Å². The van der Waals surface area contributed by atoms with Crippen molar-refractivity contribution < 1.29 is 15.1 Å². The fourth-order valence-corrected chi connectivity index (χ4v) is 2.10. The fourth-order valence-electron chi connectivity index (χ4n) is 2.10. The fraction of sp³-hybridized carbons (Fsp3) is 0.188. The molecule has 2 aromatic carbocycles. The zero-order valence-corrected chi connectivity index (χ0v) is 13.7. The first-order chi connectivity index (χ1) is 9.33. The summed E-state index contributed by atoms with van der Waals surface area (Å²) in [4.78, 5) is 0. The molecule has 0 spiro atoms.